The molecule has 4 heteroatoms. The van der Waals surface area contributed by atoms with Crippen LogP contribution in [0.4, 0.5) is 0 Å². The Kier molecular flexibility index (Phi) is 5.80. The number of hydrogen-bond acceptors (Lipinski definition) is 3. The van der Waals surface area contributed by atoms with E-state index in [-0.39, 0.29) is 5.91 Å². The molecule has 0 fully saturated rings. The third kappa shape index (κ3) is 3.92. The van der Waals surface area contributed by atoms with Crippen LogP contribution >= 0.6 is 0 Å². The highest BCUT2D eigenvalue weighted by Gasteiger charge is 2.19. The summed E-state index contributed by atoms with van der Waals surface area (Å²) in [5.74, 6) is 1.02. The molecule has 0 aliphatic rings. The third-order valence-corrected chi connectivity index (χ3v) is 3.48. The number of ether oxygens (including phenoxy) is 2. The van der Waals surface area contributed by atoms with Crippen LogP contribution in [0.3, 0.4) is 0 Å². The number of carbonyl (C=O) groups is 1. The fraction of sp³-hybridized carbons (Fsp3) is 0.211. The van der Waals surface area contributed by atoms with Gasteiger partial charge in [0.1, 0.15) is 18.1 Å². The van der Waals surface area contributed by atoms with E-state index in [1.54, 1.807) is 32.4 Å². The highest BCUT2D eigenvalue weighted by Crippen LogP contribution is 2.33. The molecule has 0 unspecified atom stereocenters. The Morgan fingerprint density at radius 2 is 1.96 bits per heavy atom. The van der Waals surface area contributed by atoms with Crippen LogP contribution in [-0.4, -0.2) is 20.1 Å². The van der Waals surface area contributed by atoms with Gasteiger partial charge < -0.3 is 14.8 Å². The number of amides is 1. The summed E-state index contributed by atoms with van der Waals surface area (Å²) in [6.45, 7) is 4.15. The molecule has 0 saturated heterocycles. The zero-order valence-electron chi connectivity index (χ0n) is 13.5. The van der Waals surface area contributed by atoms with Crippen molar-refractivity contribution in [1.29, 1.82) is 0 Å². The maximum absolute atomic E-state index is 12.1. The molecule has 0 atom stereocenters. The van der Waals surface area contributed by atoms with Gasteiger partial charge in [0.15, 0.2) is 0 Å². The Hall–Kier alpha value is -2.75. The first-order valence-corrected chi connectivity index (χ1v) is 7.40. The van der Waals surface area contributed by atoms with Crippen LogP contribution < -0.4 is 14.8 Å². The SMILES string of the molecule is C=CCc1c(OC)ccc(C(=O)NC)c1OCc1ccccc1. The number of hydrogen-bond donors (Lipinski definition) is 1. The van der Waals surface area contributed by atoms with Crippen molar-refractivity contribution in [3.8, 4) is 11.5 Å². The molecule has 0 aromatic heterocycles. The van der Waals surface area contributed by atoms with E-state index in [1.807, 2.05) is 30.3 Å². The van der Waals surface area contributed by atoms with Crippen LogP contribution in [-0.2, 0) is 13.0 Å². The second-order valence-electron chi connectivity index (χ2n) is 4.97. The average molecular weight is 311 g/mol. The molecule has 23 heavy (non-hydrogen) atoms. The zero-order chi connectivity index (χ0) is 16.7. The molecule has 0 aliphatic heterocycles. The van der Waals surface area contributed by atoms with E-state index in [9.17, 15) is 4.79 Å². The van der Waals surface area contributed by atoms with Gasteiger partial charge in [0.25, 0.3) is 5.91 Å². The second kappa shape index (κ2) is 8.03. The van der Waals surface area contributed by atoms with Crippen molar-refractivity contribution in [3.05, 3.63) is 71.8 Å². The first-order chi connectivity index (χ1) is 11.2. The molecule has 0 spiro atoms. The Morgan fingerprint density at radius 3 is 2.57 bits per heavy atom. The highest BCUT2D eigenvalue weighted by molar-refractivity contribution is 5.97. The van der Waals surface area contributed by atoms with Crippen molar-refractivity contribution in [3.63, 3.8) is 0 Å². The van der Waals surface area contributed by atoms with Gasteiger partial charge >= 0.3 is 0 Å². The fourth-order valence-corrected chi connectivity index (χ4v) is 2.35. The number of benzene rings is 2. The van der Waals surface area contributed by atoms with E-state index in [2.05, 4.69) is 11.9 Å². The van der Waals surface area contributed by atoms with E-state index < -0.39 is 0 Å². The Morgan fingerprint density at radius 1 is 1.22 bits per heavy atom. The first kappa shape index (κ1) is 16.6. The van der Waals surface area contributed by atoms with Gasteiger partial charge in [-0.3, -0.25) is 4.79 Å². The van der Waals surface area contributed by atoms with Gasteiger partial charge in [0, 0.05) is 12.6 Å². The lowest BCUT2D eigenvalue weighted by Crippen LogP contribution is -2.19. The van der Waals surface area contributed by atoms with Crippen LogP contribution in [0.2, 0.25) is 0 Å². The van der Waals surface area contributed by atoms with Gasteiger partial charge in [0.2, 0.25) is 0 Å². The average Bonchev–Trinajstić information content (AvgIpc) is 2.60. The smallest absolute Gasteiger partial charge is 0.254 e. The minimum atomic E-state index is -0.193. The topological polar surface area (TPSA) is 47.6 Å². The summed E-state index contributed by atoms with van der Waals surface area (Å²) in [6.07, 6.45) is 2.32. The predicted molar refractivity (Wildman–Crippen MR) is 91.1 cm³/mol. The summed E-state index contributed by atoms with van der Waals surface area (Å²) >= 11 is 0. The molecule has 1 N–H and O–H groups in total. The van der Waals surface area contributed by atoms with Crippen molar-refractivity contribution in [2.24, 2.45) is 0 Å². The van der Waals surface area contributed by atoms with E-state index in [0.29, 0.717) is 30.1 Å². The van der Waals surface area contributed by atoms with E-state index in [0.717, 1.165) is 11.1 Å². The number of methoxy groups -OCH3 is 1. The lowest BCUT2D eigenvalue weighted by atomic mass is 10.0. The summed E-state index contributed by atoms with van der Waals surface area (Å²) < 4.78 is 11.4. The van der Waals surface area contributed by atoms with Crippen LogP contribution in [0.25, 0.3) is 0 Å². The van der Waals surface area contributed by atoms with Crippen molar-refractivity contribution >= 4 is 5.91 Å². The largest absolute Gasteiger partial charge is 0.496 e. The van der Waals surface area contributed by atoms with Crippen molar-refractivity contribution in [1.82, 2.24) is 5.32 Å². The normalized spacial score (nSPS) is 10.0. The van der Waals surface area contributed by atoms with E-state index in [1.165, 1.54) is 0 Å². The standard InChI is InChI=1S/C19H21NO3/c1-4-8-15-17(22-3)12-11-16(19(21)20-2)18(15)23-13-14-9-6-5-7-10-14/h4-7,9-12H,1,8,13H2,2-3H3,(H,20,21). The monoisotopic (exact) mass is 311 g/mol. The molecule has 0 radical (unpaired) electrons. The fourth-order valence-electron chi connectivity index (χ4n) is 2.35. The highest BCUT2D eigenvalue weighted by atomic mass is 16.5. The van der Waals surface area contributed by atoms with Crippen LogP contribution in [0.1, 0.15) is 21.5 Å². The number of rotatable bonds is 7. The van der Waals surface area contributed by atoms with Crippen molar-refractivity contribution in [2.45, 2.75) is 13.0 Å². The molecule has 0 saturated carbocycles. The minimum absolute atomic E-state index is 0.193. The molecule has 0 heterocycles. The Bertz CT molecular complexity index is 681. The summed E-state index contributed by atoms with van der Waals surface area (Å²) in [7, 11) is 3.20. The van der Waals surface area contributed by atoms with E-state index >= 15 is 0 Å². The van der Waals surface area contributed by atoms with Crippen LogP contribution in [0, 0.1) is 0 Å². The quantitative estimate of drug-likeness (QED) is 0.798. The van der Waals surface area contributed by atoms with Crippen molar-refractivity contribution in [2.75, 3.05) is 14.2 Å². The number of nitrogens with one attached hydrogen (secondary N) is 1. The molecular formula is C19H21NO3. The molecule has 0 aliphatic carbocycles. The third-order valence-electron chi connectivity index (χ3n) is 3.48. The maximum Gasteiger partial charge on any atom is 0.254 e. The number of carbonyl (C=O) groups excluding carboxylic acids is 1. The molecule has 4 nitrogen and oxygen atoms in total. The first-order valence-electron chi connectivity index (χ1n) is 7.40. The van der Waals surface area contributed by atoms with Gasteiger partial charge in [-0.15, -0.1) is 6.58 Å². The molecule has 2 aromatic rings. The lowest BCUT2D eigenvalue weighted by Gasteiger charge is -2.17. The summed E-state index contributed by atoms with van der Waals surface area (Å²) in [6, 6.07) is 13.3. The molecule has 0 bridgehead atoms. The maximum atomic E-state index is 12.1. The minimum Gasteiger partial charge on any atom is -0.496 e. The lowest BCUT2D eigenvalue weighted by molar-refractivity contribution is 0.0958. The summed E-state index contributed by atoms with van der Waals surface area (Å²) in [4.78, 5) is 12.1. The predicted octanol–water partition coefficient (Wildman–Crippen LogP) is 3.36. The van der Waals surface area contributed by atoms with Crippen LogP contribution in [0.15, 0.2) is 55.1 Å². The van der Waals surface area contributed by atoms with Gasteiger partial charge in [-0.05, 0) is 24.1 Å². The zero-order valence-corrected chi connectivity index (χ0v) is 13.5. The van der Waals surface area contributed by atoms with Crippen LogP contribution in [0.5, 0.6) is 11.5 Å². The van der Waals surface area contributed by atoms with Gasteiger partial charge in [0.05, 0.1) is 12.7 Å². The second-order valence-corrected chi connectivity index (χ2v) is 4.97. The molecule has 2 aromatic carbocycles. The van der Waals surface area contributed by atoms with Gasteiger partial charge in [-0.25, -0.2) is 0 Å². The number of allylic oxidation sites excluding steroid dienone is 1. The molecule has 120 valence electrons. The van der Waals surface area contributed by atoms with E-state index in [4.69, 9.17) is 9.47 Å². The van der Waals surface area contributed by atoms with Gasteiger partial charge in [-0.1, -0.05) is 36.4 Å². The Labute approximate surface area is 136 Å². The Balaban J connectivity index is 2.42. The summed E-state index contributed by atoms with van der Waals surface area (Å²) in [5, 5.41) is 2.64. The molecule has 1 amide bonds. The van der Waals surface area contributed by atoms with Crippen molar-refractivity contribution < 1.29 is 14.3 Å². The molecular weight excluding hydrogens is 290 g/mol. The molecule has 2 rings (SSSR count). The van der Waals surface area contributed by atoms with Gasteiger partial charge in [-0.2, -0.15) is 0 Å². The summed E-state index contributed by atoms with van der Waals surface area (Å²) in [5.41, 5.74) is 2.34.